The zero-order valence-electron chi connectivity index (χ0n) is 9.85. The number of fused-ring (bicyclic) bond motifs is 1. The summed E-state index contributed by atoms with van der Waals surface area (Å²) < 4.78 is 0. The summed E-state index contributed by atoms with van der Waals surface area (Å²) in [6, 6.07) is 1.97. The van der Waals surface area contributed by atoms with Gasteiger partial charge in [0.2, 0.25) is 0 Å². The fourth-order valence-corrected chi connectivity index (χ4v) is 4.25. The van der Waals surface area contributed by atoms with Crippen molar-refractivity contribution in [3.05, 3.63) is 38.9 Å². The minimum atomic E-state index is -0.152. The maximum absolute atomic E-state index is 12.1. The van der Waals surface area contributed by atoms with E-state index in [0.29, 0.717) is 10.7 Å². The number of carbonyl (C=O) groups excluding carboxylic acids is 1. The molecule has 0 aromatic carbocycles. The van der Waals surface area contributed by atoms with E-state index in [1.54, 1.807) is 11.3 Å². The summed E-state index contributed by atoms with van der Waals surface area (Å²) in [5, 5.41) is 2.98. The predicted octanol–water partition coefficient (Wildman–Crippen LogP) is 3.23. The Balaban J connectivity index is 1.78. The van der Waals surface area contributed by atoms with Gasteiger partial charge in [-0.05, 0) is 23.8 Å². The van der Waals surface area contributed by atoms with Gasteiger partial charge in [-0.1, -0.05) is 11.6 Å². The highest BCUT2D eigenvalue weighted by Crippen LogP contribution is 2.31. The highest BCUT2D eigenvalue weighted by molar-refractivity contribution is 7.98. The van der Waals surface area contributed by atoms with Crippen LogP contribution < -0.4 is 5.32 Å². The van der Waals surface area contributed by atoms with Crippen molar-refractivity contribution in [3.8, 4) is 0 Å². The molecule has 0 atom stereocenters. The number of nitrogens with zero attached hydrogens (tertiary/aromatic N) is 2. The number of aromatic nitrogens is 2. The third-order valence-electron chi connectivity index (χ3n) is 2.70. The van der Waals surface area contributed by atoms with Gasteiger partial charge in [-0.15, -0.1) is 11.3 Å². The van der Waals surface area contributed by atoms with Gasteiger partial charge in [0.15, 0.2) is 5.82 Å². The standard InChI is InChI=1S/C12H10ClN3OS2/c13-10-4-14-5-11(15-10)16-12(17)9-3-7-6-18-2-1-8(7)19-9/h3-5H,1-2,6H2,(H,15,16,17). The Kier molecular flexibility index (Phi) is 3.72. The summed E-state index contributed by atoms with van der Waals surface area (Å²) in [6.07, 6.45) is 3.96. The Morgan fingerprint density at radius 3 is 3.11 bits per heavy atom. The molecule has 0 spiro atoms. The molecule has 3 rings (SSSR count). The molecular weight excluding hydrogens is 302 g/mol. The molecule has 2 aromatic heterocycles. The molecule has 1 aliphatic rings. The summed E-state index contributed by atoms with van der Waals surface area (Å²) in [7, 11) is 0. The van der Waals surface area contributed by atoms with Crippen molar-refractivity contribution in [1.82, 2.24) is 9.97 Å². The summed E-state index contributed by atoms with van der Waals surface area (Å²) in [5.74, 6) is 2.35. The Labute approximate surface area is 123 Å². The number of nitrogens with one attached hydrogen (secondary N) is 1. The normalized spacial score (nSPS) is 13.9. The number of rotatable bonds is 2. The lowest BCUT2D eigenvalue weighted by atomic mass is 10.2. The van der Waals surface area contributed by atoms with E-state index in [-0.39, 0.29) is 11.1 Å². The van der Waals surface area contributed by atoms with Crippen LogP contribution in [0, 0.1) is 0 Å². The quantitative estimate of drug-likeness (QED) is 0.925. The van der Waals surface area contributed by atoms with Crippen LogP contribution >= 0.6 is 34.7 Å². The summed E-state index contributed by atoms with van der Waals surface area (Å²) in [5.41, 5.74) is 1.28. The van der Waals surface area contributed by atoms with Gasteiger partial charge in [0, 0.05) is 10.6 Å². The van der Waals surface area contributed by atoms with Gasteiger partial charge in [0.05, 0.1) is 17.3 Å². The zero-order chi connectivity index (χ0) is 13.2. The molecule has 1 N–H and O–H groups in total. The summed E-state index contributed by atoms with van der Waals surface area (Å²) >= 11 is 9.20. The number of hydrogen-bond donors (Lipinski definition) is 1. The second kappa shape index (κ2) is 5.48. The van der Waals surface area contributed by atoms with Crippen molar-refractivity contribution in [3.63, 3.8) is 0 Å². The monoisotopic (exact) mass is 311 g/mol. The van der Waals surface area contributed by atoms with E-state index < -0.39 is 0 Å². The zero-order valence-corrected chi connectivity index (χ0v) is 12.2. The molecule has 0 radical (unpaired) electrons. The molecule has 0 saturated carbocycles. The molecule has 0 aliphatic carbocycles. The van der Waals surface area contributed by atoms with Crippen LogP contribution in [0.25, 0.3) is 0 Å². The van der Waals surface area contributed by atoms with Crippen molar-refractivity contribution in [2.24, 2.45) is 0 Å². The van der Waals surface area contributed by atoms with Crippen LogP contribution in [0.5, 0.6) is 0 Å². The number of carbonyl (C=O) groups is 1. The van der Waals surface area contributed by atoms with E-state index in [9.17, 15) is 4.79 Å². The molecule has 4 nitrogen and oxygen atoms in total. The highest BCUT2D eigenvalue weighted by Gasteiger charge is 2.17. The molecule has 19 heavy (non-hydrogen) atoms. The Morgan fingerprint density at radius 1 is 1.42 bits per heavy atom. The first-order valence-corrected chi connectivity index (χ1v) is 8.05. The van der Waals surface area contributed by atoms with E-state index in [0.717, 1.165) is 17.9 Å². The van der Waals surface area contributed by atoms with E-state index in [1.165, 1.54) is 22.8 Å². The van der Waals surface area contributed by atoms with Crippen molar-refractivity contribution >= 4 is 46.4 Å². The molecular formula is C12H10ClN3OS2. The fraction of sp³-hybridized carbons (Fsp3) is 0.250. The van der Waals surface area contributed by atoms with Gasteiger partial charge in [0.25, 0.3) is 5.91 Å². The molecule has 1 amide bonds. The van der Waals surface area contributed by atoms with Gasteiger partial charge in [-0.25, -0.2) is 4.98 Å². The first-order chi connectivity index (χ1) is 9.22. The average molecular weight is 312 g/mol. The van der Waals surface area contributed by atoms with E-state index in [4.69, 9.17) is 11.6 Å². The molecule has 0 fully saturated rings. The van der Waals surface area contributed by atoms with Crippen LogP contribution in [0.3, 0.4) is 0 Å². The maximum Gasteiger partial charge on any atom is 0.266 e. The third-order valence-corrected chi connectivity index (χ3v) is 5.12. The lowest BCUT2D eigenvalue weighted by Gasteiger charge is -2.08. The average Bonchev–Trinajstić information content (AvgIpc) is 2.82. The van der Waals surface area contributed by atoms with Crippen LogP contribution in [0.15, 0.2) is 18.5 Å². The molecule has 2 aromatic rings. The van der Waals surface area contributed by atoms with Crippen LogP contribution in [-0.4, -0.2) is 21.6 Å². The van der Waals surface area contributed by atoms with Crippen LogP contribution in [0.2, 0.25) is 5.15 Å². The van der Waals surface area contributed by atoms with Gasteiger partial charge in [-0.3, -0.25) is 9.78 Å². The molecule has 1 aliphatic heterocycles. The first kappa shape index (κ1) is 12.9. The van der Waals surface area contributed by atoms with Crippen LogP contribution in [0.1, 0.15) is 20.1 Å². The Bertz CT molecular complexity index is 606. The second-order valence-electron chi connectivity index (χ2n) is 4.04. The number of thiophene rings is 1. The van der Waals surface area contributed by atoms with Crippen molar-refractivity contribution in [2.45, 2.75) is 12.2 Å². The van der Waals surface area contributed by atoms with E-state index in [1.807, 2.05) is 17.8 Å². The molecule has 98 valence electrons. The molecule has 0 saturated heterocycles. The minimum Gasteiger partial charge on any atom is -0.305 e. The lowest BCUT2D eigenvalue weighted by molar-refractivity contribution is 0.103. The molecule has 7 heteroatoms. The van der Waals surface area contributed by atoms with Gasteiger partial charge >= 0.3 is 0 Å². The lowest BCUT2D eigenvalue weighted by Crippen LogP contribution is -2.11. The molecule has 0 bridgehead atoms. The Morgan fingerprint density at radius 2 is 2.32 bits per heavy atom. The number of amides is 1. The number of hydrogen-bond acceptors (Lipinski definition) is 5. The third kappa shape index (κ3) is 2.91. The number of anilines is 1. The van der Waals surface area contributed by atoms with Gasteiger partial charge in [0.1, 0.15) is 5.15 Å². The number of halogens is 1. The molecule has 3 heterocycles. The smallest absolute Gasteiger partial charge is 0.266 e. The maximum atomic E-state index is 12.1. The van der Waals surface area contributed by atoms with E-state index in [2.05, 4.69) is 15.3 Å². The fourth-order valence-electron chi connectivity index (χ4n) is 1.84. The number of aryl methyl sites for hydroxylation is 1. The predicted molar refractivity (Wildman–Crippen MR) is 79.2 cm³/mol. The first-order valence-electron chi connectivity index (χ1n) is 5.70. The van der Waals surface area contributed by atoms with Gasteiger partial charge in [-0.2, -0.15) is 11.8 Å². The van der Waals surface area contributed by atoms with Crippen molar-refractivity contribution in [1.29, 1.82) is 0 Å². The van der Waals surface area contributed by atoms with E-state index >= 15 is 0 Å². The van der Waals surface area contributed by atoms with Crippen molar-refractivity contribution in [2.75, 3.05) is 11.1 Å². The van der Waals surface area contributed by atoms with Gasteiger partial charge < -0.3 is 5.32 Å². The summed E-state index contributed by atoms with van der Waals surface area (Å²) in [6.45, 7) is 0. The Hall–Kier alpha value is -1.11. The topological polar surface area (TPSA) is 54.9 Å². The SMILES string of the molecule is O=C(Nc1cncc(Cl)n1)c1cc2c(s1)CCSC2. The highest BCUT2D eigenvalue weighted by atomic mass is 35.5. The summed E-state index contributed by atoms with van der Waals surface area (Å²) in [4.78, 5) is 22.0. The molecule has 0 unspecified atom stereocenters. The van der Waals surface area contributed by atoms with Crippen LogP contribution in [-0.2, 0) is 12.2 Å². The minimum absolute atomic E-state index is 0.152. The number of thioether (sulfide) groups is 1. The van der Waals surface area contributed by atoms with Crippen molar-refractivity contribution < 1.29 is 4.79 Å². The largest absolute Gasteiger partial charge is 0.305 e. The van der Waals surface area contributed by atoms with Crippen LogP contribution in [0.4, 0.5) is 5.82 Å². The second-order valence-corrected chi connectivity index (χ2v) is 6.67.